The van der Waals surface area contributed by atoms with Gasteiger partial charge in [0.25, 0.3) is 0 Å². The maximum absolute atomic E-state index is 12.8. The van der Waals surface area contributed by atoms with Crippen molar-refractivity contribution in [3.8, 4) is 11.5 Å². The monoisotopic (exact) mass is 332 g/mol. The van der Waals surface area contributed by atoms with E-state index in [0.717, 1.165) is 49.5 Å². The van der Waals surface area contributed by atoms with Crippen molar-refractivity contribution in [3.05, 3.63) is 23.8 Å². The Balaban J connectivity index is 1.68. The summed E-state index contributed by atoms with van der Waals surface area (Å²) in [7, 11) is 0. The van der Waals surface area contributed by atoms with Gasteiger partial charge in [-0.3, -0.25) is 4.79 Å². The van der Waals surface area contributed by atoms with Crippen LogP contribution in [0.5, 0.6) is 11.5 Å². The minimum absolute atomic E-state index is 0.0546. The lowest BCUT2D eigenvalue weighted by Crippen LogP contribution is -2.47. The van der Waals surface area contributed by atoms with Gasteiger partial charge < -0.3 is 20.1 Å². The molecule has 5 heteroatoms. The molecule has 0 radical (unpaired) electrons. The number of carbonyl (C=O) groups is 1. The Morgan fingerprint density at radius 3 is 2.58 bits per heavy atom. The predicted octanol–water partition coefficient (Wildman–Crippen LogP) is 2.24. The SMILES string of the molecule is CC1(CNC(=O)C(C)(C)c2ccc3c(c2)OCCO3)CCNCC1. The average Bonchev–Trinajstić information content (AvgIpc) is 2.60. The van der Waals surface area contributed by atoms with Crippen LogP contribution in [-0.2, 0) is 10.2 Å². The fraction of sp³-hybridized carbons (Fsp3) is 0.632. The molecule has 0 aromatic heterocycles. The zero-order valence-corrected chi connectivity index (χ0v) is 14.9. The number of hydrogen-bond donors (Lipinski definition) is 2. The van der Waals surface area contributed by atoms with Gasteiger partial charge in [0, 0.05) is 6.54 Å². The van der Waals surface area contributed by atoms with Crippen LogP contribution in [0.2, 0.25) is 0 Å². The molecule has 1 aromatic carbocycles. The first-order valence-electron chi connectivity index (χ1n) is 8.80. The van der Waals surface area contributed by atoms with E-state index in [9.17, 15) is 4.79 Å². The Morgan fingerprint density at radius 2 is 1.88 bits per heavy atom. The van der Waals surface area contributed by atoms with Gasteiger partial charge in [0.2, 0.25) is 5.91 Å². The Morgan fingerprint density at radius 1 is 1.21 bits per heavy atom. The molecule has 0 bridgehead atoms. The minimum Gasteiger partial charge on any atom is -0.486 e. The van der Waals surface area contributed by atoms with Crippen molar-refractivity contribution in [1.29, 1.82) is 0 Å². The van der Waals surface area contributed by atoms with Gasteiger partial charge in [-0.1, -0.05) is 13.0 Å². The molecular formula is C19H28N2O3. The number of benzene rings is 1. The fourth-order valence-electron chi connectivity index (χ4n) is 3.28. The third-order valence-corrected chi connectivity index (χ3v) is 5.32. The van der Waals surface area contributed by atoms with Gasteiger partial charge in [-0.15, -0.1) is 0 Å². The van der Waals surface area contributed by atoms with Gasteiger partial charge in [-0.2, -0.15) is 0 Å². The van der Waals surface area contributed by atoms with Crippen molar-refractivity contribution in [2.24, 2.45) is 5.41 Å². The number of hydrogen-bond acceptors (Lipinski definition) is 4. The molecule has 0 unspecified atom stereocenters. The summed E-state index contributed by atoms with van der Waals surface area (Å²) in [6.45, 7) is 10.1. The third-order valence-electron chi connectivity index (χ3n) is 5.32. The fourth-order valence-corrected chi connectivity index (χ4v) is 3.28. The van der Waals surface area contributed by atoms with Crippen LogP contribution >= 0.6 is 0 Å². The smallest absolute Gasteiger partial charge is 0.230 e. The summed E-state index contributed by atoms with van der Waals surface area (Å²) in [5.74, 6) is 1.53. The van der Waals surface area contributed by atoms with Crippen LogP contribution in [0.25, 0.3) is 0 Å². The van der Waals surface area contributed by atoms with Crippen LogP contribution in [-0.4, -0.2) is 38.8 Å². The highest BCUT2D eigenvalue weighted by Gasteiger charge is 2.33. The first-order chi connectivity index (χ1) is 11.4. The molecule has 2 heterocycles. The van der Waals surface area contributed by atoms with E-state index in [1.54, 1.807) is 0 Å². The molecule has 2 aliphatic rings. The number of fused-ring (bicyclic) bond motifs is 1. The molecule has 1 saturated heterocycles. The average molecular weight is 332 g/mol. The number of ether oxygens (including phenoxy) is 2. The second-order valence-electron chi connectivity index (χ2n) is 7.73. The Labute approximate surface area is 144 Å². The van der Waals surface area contributed by atoms with Gasteiger partial charge in [0.1, 0.15) is 13.2 Å². The molecule has 0 aliphatic carbocycles. The first kappa shape index (κ1) is 17.1. The second kappa shape index (κ2) is 6.63. The van der Waals surface area contributed by atoms with Crippen molar-refractivity contribution >= 4 is 5.91 Å². The minimum atomic E-state index is -0.612. The highest BCUT2D eigenvalue weighted by Crippen LogP contribution is 2.35. The van der Waals surface area contributed by atoms with E-state index in [2.05, 4.69) is 17.6 Å². The number of carbonyl (C=O) groups excluding carboxylic acids is 1. The summed E-state index contributed by atoms with van der Waals surface area (Å²) in [4.78, 5) is 12.8. The molecule has 1 fully saturated rings. The number of piperidine rings is 1. The summed E-state index contributed by atoms with van der Waals surface area (Å²) >= 11 is 0. The topological polar surface area (TPSA) is 59.6 Å². The lowest BCUT2D eigenvalue weighted by atomic mass is 9.79. The molecule has 24 heavy (non-hydrogen) atoms. The first-order valence-corrected chi connectivity index (χ1v) is 8.80. The Bertz CT molecular complexity index is 607. The third kappa shape index (κ3) is 3.51. The molecule has 1 amide bonds. The molecular weight excluding hydrogens is 304 g/mol. The summed E-state index contributed by atoms with van der Waals surface area (Å²) in [6.07, 6.45) is 2.19. The zero-order chi connectivity index (χ0) is 17.2. The summed E-state index contributed by atoms with van der Waals surface area (Å²) in [5.41, 5.74) is 0.517. The van der Waals surface area contributed by atoms with Crippen molar-refractivity contribution < 1.29 is 14.3 Å². The van der Waals surface area contributed by atoms with Crippen LogP contribution < -0.4 is 20.1 Å². The van der Waals surface area contributed by atoms with E-state index < -0.39 is 5.41 Å². The van der Waals surface area contributed by atoms with Crippen molar-refractivity contribution in [2.45, 2.75) is 39.0 Å². The lowest BCUT2D eigenvalue weighted by molar-refractivity contribution is -0.126. The largest absolute Gasteiger partial charge is 0.486 e. The molecule has 2 N–H and O–H groups in total. The van der Waals surface area contributed by atoms with Crippen molar-refractivity contribution in [1.82, 2.24) is 10.6 Å². The Hall–Kier alpha value is -1.75. The van der Waals surface area contributed by atoms with E-state index in [1.807, 2.05) is 32.0 Å². The summed E-state index contributed by atoms with van der Waals surface area (Å²) < 4.78 is 11.2. The van der Waals surface area contributed by atoms with Crippen LogP contribution in [0.1, 0.15) is 39.2 Å². The molecule has 3 rings (SSSR count). The van der Waals surface area contributed by atoms with Crippen molar-refractivity contribution in [2.75, 3.05) is 32.8 Å². The van der Waals surface area contributed by atoms with Crippen LogP contribution in [0, 0.1) is 5.41 Å². The van der Waals surface area contributed by atoms with Crippen molar-refractivity contribution in [3.63, 3.8) is 0 Å². The number of nitrogens with one attached hydrogen (secondary N) is 2. The maximum atomic E-state index is 12.8. The predicted molar refractivity (Wildman–Crippen MR) is 93.7 cm³/mol. The van der Waals surface area contributed by atoms with E-state index in [-0.39, 0.29) is 11.3 Å². The molecule has 0 saturated carbocycles. The van der Waals surface area contributed by atoms with Gasteiger partial charge in [0.05, 0.1) is 5.41 Å². The standard InChI is InChI=1S/C19H28N2O3/c1-18(2,14-4-5-15-16(12-14)24-11-10-23-15)17(22)21-13-19(3)6-8-20-9-7-19/h4-5,12,20H,6-11,13H2,1-3H3,(H,21,22). The highest BCUT2D eigenvalue weighted by atomic mass is 16.6. The molecule has 0 atom stereocenters. The lowest BCUT2D eigenvalue weighted by Gasteiger charge is -2.35. The van der Waals surface area contributed by atoms with Gasteiger partial charge >= 0.3 is 0 Å². The molecule has 1 aromatic rings. The number of rotatable bonds is 4. The molecule has 5 nitrogen and oxygen atoms in total. The second-order valence-corrected chi connectivity index (χ2v) is 7.73. The normalized spacial score (nSPS) is 19.6. The van der Waals surface area contributed by atoms with Gasteiger partial charge in [0.15, 0.2) is 11.5 Å². The molecule has 0 spiro atoms. The quantitative estimate of drug-likeness (QED) is 0.888. The Kier molecular flexibility index (Phi) is 4.72. The van der Waals surface area contributed by atoms with Crippen LogP contribution in [0.3, 0.4) is 0 Å². The summed E-state index contributed by atoms with van der Waals surface area (Å²) in [5, 5.41) is 6.55. The number of amides is 1. The highest BCUT2D eigenvalue weighted by molar-refractivity contribution is 5.87. The van der Waals surface area contributed by atoms with Gasteiger partial charge in [-0.05, 0) is 62.9 Å². The van der Waals surface area contributed by atoms with Crippen LogP contribution in [0.4, 0.5) is 0 Å². The van der Waals surface area contributed by atoms with E-state index >= 15 is 0 Å². The molecule has 132 valence electrons. The van der Waals surface area contributed by atoms with Crippen LogP contribution in [0.15, 0.2) is 18.2 Å². The van der Waals surface area contributed by atoms with E-state index in [1.165, 1.54) is 0 Å². The maximum Gasteiger partial charge on any atom is 0.230 e. The zero-order valence-electron chi connectivity index (χ0n) is 14.9. The van der Waals surface area contributed by atoms with E-state index in [0.29, 0.717) is 13.2 Å². The van der Waals surface area contributed by atoms with E-state index in [4.69, 9.17) is 9.47 Å². The molecule has 2 aliphatic heterocycles. The summed E-state index contributed by atoms with van der Waals surface area (Å²) in [6, 6.07) is 5.78. The van der Waals surface area contributed by atoms with Gasteiger partial charge in [-0.25, -0.2) is 0 Å².